The third-order valence-electron chi connectivity index (χ3n) is 3.22. The Morgan fingerprint density at radius 3 is 2.59 bits per heavy atom. The minimum absolute atomic E-state index is 0.608. The first kappa shape index (κ1) is 12.0. The second kappa shape index (κ2) is 6.28. The highest BCUT2D eigenvalue weighted by atomic mass is 15.2. The first-order valence-corrected chi connectivity index (χ1v) is 6.39. The van der Waals surface area contributed by atoms with Gasteiger partial charge >= 0.3 is 0 Å². The minimum atomic E-state index is 0.608. The minimum Gasteiger partial charge on any atom is -0.354 e. The van der Waals surface area contributed by atoms with E-state index in [9.17, 15) is 0 Å². The lowest BCUT2D eigenvalue weighted by molar-refractivity contribution is 0.613. The van der Waals surface area contributed by atoms with Crippen molar-refractivity contribution in [1.29, 1.82) is 0 Å². The maximum Gasteiger partial charge on any atom is 0.191 e. The molecule has 1 aromatic carbocycles. The molecule has 92 valence electrons. The van der Waals surface area contributed by atoms with Crippen molar-refractivity contribution in [3.63, 3.8) is 0 Å². The molecule has 0 spiro atoms. The molecule has 3 nitrogen and oxygen atoms in total. The van der Waals surface area contributed by atoms with Crippen molar-refractivity contribution >= 4 is 5.96 Å². The molecule has 0 saturated heterocycles. The Kier molecular flexibility index (Phi) is 4.42. The van der Waals surface area contributed by atoms with Crippen LogP contribution < -0.4 is 10.6 Å². The van der Waals surface area contributed by atoms with Crippen LogP contribution in [0.2, 0.25) is 0 Å². The first-order chi connectivity index (χ1) is 8.38. The summed E-state index contributed by atoms with van der Waals surface area (Å²) < 4.78 is 0. The van der Waals surface area contributed by atoms with Gasteiger partial charge < -0.3 is 10.6 Å². The van der Waals surface area contributed by atoms with E-state index < -0.39 is 0 Å². The molecule has 1 saturated carbocycles. The average Bonchev–Trinajstić information content (AvgIpc) is 2.88. The van der Waals surface area contributed by atoms with Crippen LogP contribution in [0.4, 0.5) is 0 Å². The maximum absolute atomic E-state index is 4.26. The van der Waals surface area contributed by atoms with Crippen LogP contribution in [0.5, 0.6) is 0 Å². The highest BCUT2D eigenvalue weighted by Gasteiger charge is 2.15. The molecular weight excluding hydrogens is 210 g/mol. The zero-order chi connectivity index (χ0) is 11.9. The van der Waals surface area contributed by atoms with E-state index in [-0.39, 0.29) is 0 Å². The van der Waals surface area contributed by atoms with E-state index in [1.54, 1.807) is 0 Å². The molecule has 0 radical (unpaired) electrons. The van der Waals surface area contributed by atoms with Gasteiger partial charge in [0.1, 0.15) is 0 Å². The second-order valence-corrected chi connectivity index (χ2v) is 4.54. The third kappa shape index (κ3) is 3.77. The van der Waals surface area contributed by atoms with Crippen LogP contribution in [0.1, 0.15) is 31.2 Å². The Balaban J connectivity index is 1.80. The van der Waals surface area contributed by atoms with E-state index in [2.05, 4.69) is 39.9 Å². The quantitative estimate of drug-likeness (QED) is 0.618. The van der Waals surface area contributed by atoms with E-state index >= 15 is 0 Å². The number of aliphatic imine (C=N–C) groups is 1. The molecule has 0 amide bonds. The Hall–Kier alpha value is -1.51. The largest absolute Gasteiger partial charge is 0.354 e. The van der Waals surface area contributed by atoms with Gasteiger partial charge in [-0.25, -0.2) is 0 Å². The van der Waals surface area contributed by atoms with E-state index in [0.29, 0.717) is 6.04 Å². The van der Waals surface area contributed by atoms with Gasteiger partial charge in [0.25, 0.3) is 0 Å². The van der Waals surface area contributed by atoms with Crippen LogP contribution in [-0.2, 0) is 6.54 Å². The molecule has 3 heteroatoms. The van der Waals surface area contributed by atoms with Crippen molar-refractivity contribution in [3.05, 3.63) is 35.9 Å². The van der Waals surface area contributed by atoms with Gasteiger partial charge in [0.2, 0.25) is 0 Å². The molecule has 1 aromatic rings. The molecule has 0 aromatic heterocycles. The standard InChI is InChI=1S/C14H21N3/c1-15-14(17-13-9-5-6-10-13)16-11-12-7-3-2-4-8-12/h2-4,7-8,13H,5-6,9-11H2,1H3,(H2,15,16,17). The average molecular weight is 231 g/mol. The SMILES string of the molecule is CN=C(NCc1ccccc1)NC1CCCC1. The Labute approximate surface area is 103 Å². The number of guanidine groups is 1. The molecule has 1 fully saturated rings. The summed E-state index contributed by atoms with van der Waals surface area (Å²) in [5, 5.41) is 6.83. The molecule has 0 heterocycles. The molecule has 0 atom stereocenters. The van der Waals surface area contributed by atoms with Crippen molar-refractivity contribution in [3.8, 4) is 0 Å². The summed E-state index contributed by atoms with van der Waals surface area (Å²) in [5.41, 5.74) is 1.28. The van der Waals surface area contributed by atoms with Crippen molar-refractivity contribution in [2.45, 2.75) is 38.3 Å². The summed E-state index contributed by atoms with van der Waals surface area (Å²) >= 11 is 0. The predicted molar refractivity (Wildman–Crippen MR) is 72.0 cm³/mol. The number of nitrogens with zero attached hydrogens (tertiary/aromatic N) is 1. The third-order valence-corrected chi connectivity index (χ3v) is 3.22. The Morgan fingerprint density at radius 2 is 1.94 bits per heavy atom. The Bertz CT molecular complexity index is 353. The van der Waals surface area contributed by atoms with E-state index in [1.165, 1.54) is 31.2 Å². The van der Waals surface area contributed by atoms with Crippen LogP contribution in [-0.4, -0.2) is 19.0 Å². The summed E-state index contributed by atoms with van der Waals surface area (Å²) in [6, 6.07) is 11.0. The zero-order valence-electron chi connectivity index (χ0n) is 10.4. The Morgan fingerprint density at radius 1 is 1.24 bits per heavy atom. The maximum atomic E-state index is 4.26. The fraction of sp³-hybridized carbons (Fsp3) is 0.500. The van der Waals surface area contributed by atoms with Gasteiger partial charge in [-0.2, -0.15) is 0 Å². The number of hydrogen-bond donors (Lipinski definition) is 2. The smallest absolute Gasteiger partial charge is 0.191 e. The summed E-state index contributed by atoms with van der Waals surface area (Å²) in [6.45, 7) is 0.827. The van der Waals surface area contributed by atoms with Crippen LogP contribution in [0.15, 0.2) is 35.3 Å². The fourth-order valence-electron chi connectivity index (χ4n) is 2.24. The second-order valence-electron chi connectivity index (χ2n) is 4.54. The highest BCUT2D eigenvalue weighted by Crippen LogP contribution is 2.17. The lowest BCUT2D eigenvalue weighted by atomic mass is 10.2. The molecule has 0 unspecified atom stereocenters. The van der Waals surface area contributed by atoms with Crippen molar-refractivity contribution in [1.82, 2.24) is 10.6 Å². The number of benzene rings is 1. The molecule has 0 aliphatic heterocycles. The van der Waals surface area contributed by atoms with Crippen molar-refractivity contribution < 1.29 is 0 Å². The normalized spacial score (nSPS) is 17.1. The van der Waals surface area contributed by atoms with Crippen LogP contribution >= 0.6 is 0 Å². The molecule has 17 heavy (non-hydrogen) atoms. The van der Waals surface area contributed by atoms with E-state index in [1.807, 2.05) is 13.1 Å². The molecule has 0 bridgehead atoms. The van der Waals surface area contributed by atoms with E-state index in [4.69, 9.17) is 0 Å². The molecule has 1 aliphatic carbocycles. The topological polar surface area (TPSA) is 36.4 Å². The summed E-state index contributed by atoms with van der Waals surface area (Å²) in [4.78, 5) is 4.26. The van der Waals surface area contributed by atoms with Crippen LogP contribution in [0.25, 0.3) is 0 Å². The summed E-state index contributed by atoms with van der Waals surface area (Å²) in [6.07, 6.45) is 5.22. The van der Waals surface area contributed by atoms with E-state index in [0.717, 1.165) is 12.5 Å². The molecular formula is C14H21N3. The number of hydrogen-bond acceptors (Lipinski definition) is 1. The number of rotatable bonds is 3. The molecule has 1 aliphatic rings. The summed E-state index contributed by atoms with van der Waals surface area (Å²) in [7, 11) is 1.83. The van der Waals surface area contributed by atoms with Crippen LogP contribution in [0.3, 0.4) is 0 Å². The van der Waals surface area contributed by atoms with Gasteiger partial charge in [-0.3, -0.25) is 4.99 Å². The van der Waals surface area contributed by atoms with Crippen molar-refractivity contribution in [2.24, 2.45) is 4.99 Å². The van der Waals surface area contributed by atoms with Gasteiger partial charge in [-0.05, 0) is 18.4 Å². The lowest BCUT2D eigenvalue weighted by Crippen LogP contribution is -2.41. The summed E-state index contributed by atoms with van der Waals surface area (Å²) in [5.74, 6) is 0.917. The lowest BCUT2D eigenvalue weighted by Gasteiger charge is -2.16. The first-order valence-electron chi connectivity index (χ1n) is 6.39. The predicted octanol–water partition coefficient (Wildman–Crippen LogP) is 2.29. The monoisotopic (exact) mass is 231 g/mol. The highest BCUT2D eigenvalue weighted by molar-refractivity contribution is 5.79. The van der Waals surface area contributed by atoms with Gasteiger partial charge in [-0.1, -0.05) is 43.2 Å². The molecule has 2 rings (SSSR count). The van der Waals surface area contributed by atoms with Gasteiger partial charge in [0.15, 0.2) is 5.96 Å². The zero-order valence-corrected chi connectivity index (χ0v) is 10.4. The van der Waals surface area contributed by atoms with Gasteiger partial charge in [0.05, 0.1) is 0 Å². The number of nitrogens with one attached hydrogen (secondary N) is 2. The fourth-order valence-corrected chi connectivity index (χ4v) is 2.24. The van der Waals surface area contributed by atoms with Crippen LogP contribution in [0, 0.1) is 0 Å². The van der Waals surface area contributed by atoms with Gasteiger partial charge in [-0.15, -0.1) is 0 Å². The molecule has 2 N–H and O–H groups in total. The van der Waals surface area contributed by atoms with Gasteiger partial charge in [0, 0.05) is 19.6 Å². The van der Waals surface area contributed by atoms with Crippen molar-refractivity contribution in [2.75, 3.05) is 7.05 Å².